The van der Waals surface area contributed by atoms with Crippen LogP contribution in [-0.4, -0.2) is 31.7 Å². The van der Waals surface area contributed by atoms with Crippen LogP contribution in [0.3, 0.4) is 0 Å². The lowest BCUT2D eigenvalue weighted by Crippen LogP contribution is -2.37. The van der Waals surface area contributed by atoms with Crippen LogP contribution in [0.5, 0.6) is 0 Å². The largest absolute Gasteiger partial charge is 0.323 e. The molecule has 0 unspecified atom stereocenters. The van der Waals surface area contributed by atoms with Gasteiger partial charge in [0.15, 0.2) is 0 Å². The van der Waals surface area contributed by atoms with Gasteiger partial charge in [0.2, 0.25) is 15.9 Å². The number of sulfonamides is 1. The van der Waals surface area contributed by atoms with E-state index in [0.717, 1.165) is 12.8 Å². The SMILES string of the molecule is CC1CCN(S(=O)(=O)c2ccc(NC(=O)C=Cc3ccc(F)cc3)cc2)CC1. The summed E-state index contributed by atoms with van der Waals surface area (Å²) < 4.78 is 39.8. The van der Waals surface area contributed by atoms with Crippen molar-refractivity contribution >= 4 is 27.7 Å². The molecule has 0 aliphatic carbocycles. The van der Waals surface area contributed by atoms with Crippen LogP contribution in [0, 0.1) is 11.7 Å². The summed E-state index contributed by atoms with van der Waals surface area (Å²) in [7, 11) is -3.50. The Bertz CT molecular complexity index is 946. The highest BCUT2D eigenvalue weighted by Gasteiger charge is 2.27. The molecular formula is C21H23FN2O3S. The summed E-state index contributed by atoms with van der Waals surface area (Å²) in [4.78, 5) is 12.2. The highest BCUT2D eigenvalue weighted by molar-refractivity contribution is 7.89. The molecule has 0 spiro atoms. The van der Waals surface area contributed by atoms with E-state index >= 15 is 0 Å². The summed E-state index contributed by atoms with van der Waals surface area (Å²) in [5.74, 6) is -0.146. The van der Waals surface area contributed by atoms with Gasteiger partial charge in [0, 0.05) is 24.9 Å². The van der Waals surface area contributed by atoms with Gasteiger partial charge in [0.25, 0.3) is 0 Å². The molecule has 1 saturated heterocycles. The molecule has 1 aliphatic heterocycles. The van der Waals surface area contributed by atoms with Crippen molar-refractivity contribution in [3.05, 3.63) is 66.0 Å². The molecule has 1 fully saturated rings. The maximum Gasteiger partial charge on any atom is 0.248 e. The highest BCUT2D eigenvalue weighted by Crippen LogP contribution is 2.24. The normalized spacial score (nSPS) is 16.4. The zero-order valence-corrected chi connectivity index (χ0v) is 16.5. The van der Waals surface area contributed by atoms with Crippen LogP contribution >= 0.6 is 0 Å². The summed E-state index contributed by atoms with van der Waals surface area (Å²) in [6, 6.07) is 11.9. The standard InChI is InChI=1S/C21H23FN2O3S/c1-16-12-14-24(15-13-16)28(26,27)20-9-7-19(8-10-20)23-21(25)11-4-17-2-5-18(22)6-3-17/h2-11,16H,12-15H2,1H3,(H,23,25). The van der Waals surface area contributed by atoms with Gasteiger partial charge in [-0.3, -0.25) is 4.79 Å². The van der Waals surface area contributed by atoms with Gasteiger partial charge < -0.3 is 5.32 Å². The second-order valence-corrected chi connectivity index (χ2v) is 8.92. The number of nitrogens with zero attached hydrogens (tertiary/aromatic N) is 1. The van der Waals surface area contributed by atoms with E-state index in [1.807, 2.05) is 0 Å². The van der Waals surface area contributed by atoms with Gasteiger partial charge in [0.05, 0.1) is 4.90 Å². The Morgan fingerprint density at radius 3 is 2.29 bits per heavy atom. The van der Waals surface area contributed by atoms with Crippen LogP contribution in [0.4, 0.5) is 10.1 Å². The van der Waals surface area contributed by atoms with Crippen LogP contribution in [0.2, 0.25) is 0 Å². The molecule has 1 amide bonds. The van der Waals surface area contributed by atoms with Crippen LogP contribution in [0.1, 0.15) is 25.3 Å². The van der Waals surface area contributed by atoms with Crippen molar-refractivity contribution in [1.82, 2.24) is 4.31 Å². The maximum atomic E-state index is 12.9. The van der Waals surface area contributed by atoms with Gasteiger partial charge in [-0.2, -0.15) is 4.31 Å². The van der Waals surface area contributed by atoms with E-state index < -0.39 is 10.0 Å². The minimum absolute atomic E-state index is 0.224. The zero-order valence-electron chi connectivity index (χ0n) is 15.6. The van der Waals surface area contributed by atoms with Gasteiger partial charge in [-0.25, -0.2) is 12.8 Å². The van der Waals surface area contributed by atoms with Crippen molar-refractivity contribution in [1.29, 1.82) is 0 Å². The molecule has 2 aromatic rings. The van der Waals surface area contributed by atoms with Crippen molar-refractivity contribution in [3.63, 3.8) is 0 Å². The van der Waals surface area contributed by atoms with Gasteiger partial charge in [-0.15, -0.1) is 0 Å². The minimum Gasteiger partial charge on any atom is -0.323 e. The third kappa shape index (κ3) is 5.05. The van der Waals surface area contributed by atoms with E-state index in [1.165, 1.54) is 34.6 Å². The predicted octanol–water partition coefficient (Wildman–Crippen LogP) is 3.90. The molecule has 0 atom stereocenters. The molecule has 0 radical (unpaired) electrons. The molecule has 7 heteroatoms. The number of carbonyl (C=O) groups excluding carboxylic acids is 1. The smallest absolute Gasteiger partial charge is 0.248 e. The van der Waals surface area contributed by atoms with Gasteiger partial charge in [0.1, 0.15) is 5.82 Å². The summed E-state index contributed by atoms with van der Waals surface area (Å²) in [5.41, 5.74) is 1.20. The van der Waals surface area contributed by atoms with Crippen molar-refractivity contribution in [2.75, 3.05) is 18.4 Å². The number of carbonyl (C=O) groups is 1. The summed E-state index contributed by atoms with van der Waals surface area (Å²) in [6.07, 6.45) is 4.65. The number of amides is 1. The number of hydrogen-bond acceptors (Lipinski definition) is 3. The molecule has 148 valence electrons. The Labute approximate surface area is 164 Å². The van der Waals surface area contributed by atoms with E-state index in [0.29, 0.717) is 30.3 Å². The fourth-order valence-electron chi connectivity index (χ4n) is 3.01. The summed E-state index contributed by atoms with van der Waals surface area (Å²) in [6.45, 7) is 3.21. The van der Waals surface area contributed by atoms with Gasteiger partial charge in [-0.1, -0.05) is 19.1 Å². The first-order valence-electron chi connectivity index (χ1n) is 9.19. The number of rotatable bonds is 5. The average molecular weight is 402 g/mol. The van der Waals surface area contributed by atoms with E-state index in [1.54, 1.807) is 30.3 Å². The Morgan fingerprint density at radius 1 is 1.07 bits per heavy atom. The Kier molecular flexibility index (Phi) is 6.26. The number of hydrogen-bond donors (Lipinski definition) is 1. The maximum absolute atomic E-state index is 12.9. The molecule has 5 nitrogen and oxygen atoms in total. The molecule has 0 aromatic heterocycles. The van der Waals surface area contributed by atoms with Crippen LogP contribution in [-0.2, 0) is 14.8 Å². The van der Waals surface area contributed by atoms with Crippen LogP contribution < -0.4 is 5.32 Å². The molecule has 3 rings (SSSR count). The topological polar surface area (TPSA) is 66.5 Å². The van der Waals surface area contributed by atoms with E-state index in [9.17, 15) is 17.6 Å². The fourth-order valence-corrected chi connectivity index (χ4v) is 4.48. The van der Waals surface area contributed by atoms with E-state index in [4.69, 9.17) is 0 Å². The summed E-state index contributed by atoms with van der Waals surface area (Å²) >= 11 is 0. The molecule has 28 heavy (non-hydrogen) atoms. The lowest BCUT2D eigenvalue weighted by Gasteiger charge is -2.29. The lowest BCUT2D eigenvalue weighted by atomic mass is 10.0. The Morgan fingerprint density at radius 2 is 1.68 bits per heavy atom. The molecule has 1 N–H and O–H groups in total. The van der Waals surface area contributed by atoms with Crippen LogP contribution in [0.15, 0.2) is 59.5 Å². The number of halogens is 1. The first-order valence-corrected chi connectivity index (χ1v) is 10.6. The molecule has 0 saturated carbocycles. The average Bonchev–Trinajstić information content (AvgIpc) is 2.68. The second kappa shape index (κ2) is 8.67. The lowest BCUT2D eigenvalue weighted by molar-refractivity contribution is -0.111. The molecule has 1 heterocycles. The Hall–Kier alpha value is -2.51. The monoisotopic (exact) mass is 402 g/mol. The molecule has 2 aromatic carbocycles. The van der Waals surface area contributed by atoms with Crippen molar-refractivity contribution in [2.24, 2.45) is 5.92 Å². The number of piperidine rings is 1. The highest BCUT2D eigenvalue weighted by atomic mass is 32.2. The predicted molar refractivity (Wildman–Crippen MR) is 108 cm³/mol. The number of benzene rings is 2. The van der Waals surface area contributed by atoms with E-state index in [-0.39, 0.29) is 16.6 Å². The molecule has 1 aliphatic rings. The minimum atomic E-state index is -3.50. The van der Waals surface area contributed by atoms with E-state index in [2.05, 4.69) is 12.2 Å². The quantitative estimate of drug-likeness (QED) is 0.772. The number of nitrogens with one attached hydrogen (secondary N) is 1. The van der Waals surface area contributed by atoms with Crippen molar-refractivity contribution in [3.8, 4) is 0 Å². The summed E-state index contributed by atoms with van der Waals surface area (Å²) in [5, 5.41) is 2.68. The molecule has 0 bridgehead atoms. The van der Waals surface area contributed by atoms with Gasteiger partial charge in [-0.05, 0) is 66.8 Å². The Balaban J connectivity index is 1.62. The zero-order chi connectivity index (χ0) is 20.1. The second-order valence-electron chi connectivity index (χ2n) is 6.99. The molecular weight excluding hydrogens is 379 g/mol. The first kappa shape index (κ1) is 20.2. The van der Waals surface area contributed by atoms with Crippen LogP contribution in [0.25, 0.3) is 6.08 Å². The number of anilines is 1. The van der Waals surface area contributed by atoms with Crippen molar-refractivity contribution < 1.29 is 17.6 Å². The van der Waals surface area contributed by atoms with Crippen molar-refractivity contribution in [2.45, 2.75) is 24.7 Å². The first-order chi connectivity index (χ1) is 13.3. The third-order valence-corrected chi connectivity index (χ3v) is 6.71. The third-order valence-electron chi connectivity index (χ3n) is 4.80. The van der Waals surface area contributed by atoms with Gasteiger partial charge >= 0.3 is 0 Å². The fraction of sp³-hybridized carbons (Fsp3) is 0.286.